The number of hydrogen-bond donors (Lipinski definition) is 1. The topological polar surface area (TPSA) is 72.4 Å². The molecule has 0 radical (unpaired) electrons. The number of piperidine rings is 1. The van der Waals surface area contributed by atoms with Gasteiger partial charge in [-0.1, -0.05) is 0 Å². The van der Waals surface area contributed by atoms with Crippen molar-refractivity contribution in [2.24, 2.45) is 0 Å². The van der Waals surface area contributed by atoms with Crippen LogP contribution in [0, 0.1) is 0 Å². The van der Waals surface area contributed by atoms with Crippen molar-refractivity contribution >= 4 is 11.9 Å². The predicted molar refractivity (Wildman–Crippen MR) is 75.3 cm³/mol. The van der Waals surface area contributed by atoms with Crippen molar-refractivity contribution < 1.29 is 9.47 Å². The maximum atomic E-state index is 5.80. The van der Waals surface area contributed by atoms with Gasteiger partial charge in [-0.15, -0.1) is 0 Å². The van der Waals surface area contributed by atoms with Gasteiger partial charge in [-0.25, -0.2) is 0 Å². The molecule has 2 aliphatic rings. The highest BCUT2D eigenvalue weighted by atomic mass is 16.6. The first-order valence-corrected chi connectivity index (χ1v) is 7.28. The van der Waals surface area contributed by atoms with Crippen LogP contribution in [-0.4, -0.2) is 54.4 Å². The van der Waals surface area contributed by atoms with Crippen LogP contribution in [0.3, 0.4) is 0 Å². The summed E-state index contributed by atoms with van der Waals surface area (Å²) in [6.45, 7) is 3.35. The standard InChI is InChI=1S/C13H21N5O2/c1-14-11-15-12(18-6-3-2-4-7-18)17-13(16-11)20-10-5-8-19-9-10/h10H,2-9H2,1H3,(H,14,15,16,17). The van der Waals surface area contributed by atoms with Crippen LogP contribution in [-0.2, 0) is 4.74 Å². The maximum Gasteiger partial charge on any atom is 0.323 e. The Kier molecular flexibility index (Phi) is 4.15. The molecule has 1 unspecified atom stereocenters. The molecule has 2 fully saturated rings. The molecule has 2 aliphatic heterocycles. The first-order valence-electron chi connectivity index (χ1n) is 7.28. The summed E-state index contributed by atoms with van der Waals surface area (Å²) >= 11 is 0. The second-order valence-electron chi connectivity index (χ2n) is 5.14. The van der Waals surface area contributed by atoms with E-state index in [0.29, 0.717) is 24.5 Å². The van der Waals surface area contributed by atoms with E-state index in [1.165, 1.54) is 19.3 Å². The van der Waals surface area contributed by atoms with E-state index >= 15 is 0 Å². The molecule has 0 saturated carbocycles. The molecule has 7 nitrogen and oxygen atoms in total. The molecule has 1 atom stereocenters. The van der Waals surface area contributed by atoms with Gasteiger partial charge in [0.25, 0.3) is 0 Å². The highest BCUT2D eigenvalue weighted by Gasteiger charge is 2.21. The molecule has 1 aromatic rings. The van der Waals surface area contributed by atoms with Crippen molar-refractivity contribution in [2.75, 3.05) is 43.6 Å². The number of ether oxygens (including phenoxy) is 2. The zero-order chi connectivity index (χ0) is 13.8. The van der Waals surface area contributed by atoms with E-state index in [0.717, 1.165) is 26.1 Å². The minimum Gasteiger partial charge on any atom is -0.457 e. The van der Waals surface area contributed by atoms with Crippen molar-refractivity contribution in [1.82, 2.24) is 15.0 Å². The Balaban J connectivity index is 1.77. The number of rotatable bonds is 4. The lowest BCUT2D eigenvalue weighted by Gasteiger charge is -2.26. The number of nitrogens with zero attached hydrogens (tertiary/aromatic N) is 4. The van der Waals surface area contributed by atoms with Gasteiger partial charge in [-0.05, 0) is 19.3 Å². The third-order valence-corrected chi connectivity index (χ3v) is 3.63. The van der Waals surface area contributed by atoms with Gasteiger partial charge in [0.1, 0.15) is 6.10 Å². The van der Waals surface area contributed by atoms with E-state index in [2.05, 4.69) is 25.2 Å². The lowest BCUT2D eigenvalue weighted by atomic mass is 10.1. The van der Waals surface area contributed by atoms with E-state index < -0.39 is 0 Å². The number of nitrogens with one attached hydrogen (secondary N) is 1. The van der Waals surface area contributed by atoms with Gasteiger partial charge in [0.15, 0.2) is 0 Å². The molecule has 0 spiro atoms. The minimum atomic E-state index is 0.0521. The highest BCUT2D eigenvalue weighted by molar-refractivity contribution is 5.38. The summed E-state index contributed by atoms with van der Waals surface area (Å²) in [4.78, 5) is 15.4. The molecule has 1 aromatic heterocycles. The van der Waals surface area contributed by atoms with Crippen molar-refractivity contribution in [3.8, 4) is 6.01 Å². The van der Waals surface area contributed by atoms with Crippen LogP contribution in [0.5, 0.6) is 6.01 Å². The molecule has 110 valence electrons. The number of aromatic nitrogens is 3. The molecule has 20 heavy (non-hydrogen) atoms. The maximum absolute atomic E-state index is 5.80. The Hall–Kier alpha value is -1.63. The van der Waals surface area contributed by atoms with E-state index in [-0.39, 0.29) is 6.10 Å². The Morgan fingerprint density at radius 2 is 2.05 bits per heavy atom. The normalized spacial score (nSPS) is 22.9. The highest BCUT2D eigenvalue weighted by Crippen LogP contribution is 2.20. The third kappa shape index (κ3) is 3.09. The van der Waals surface area contributed by atoms with Gasteiger partial charge in [0.2, 0.25) is 11.9 Å². The molecule has 0 aliphatic carbocycles. The largest absolute Gasteiger partial charge is 0.457 e. The van der Waals surface area contributed by atoms with Gasteiger partial charge in [0.05, 0.1) is 13.2 Å². The van der Waals surface area contributed by atoms with E-state index in [4.69, 9.17) is 9.47 Å². The quantitative estimate of drug-likeness (QED) is 0.883. The molecular formula is C13H21N5O2. The average Bonchev–Trinajstić information content (AvgIpc) is 3.00. The molecule has 3 heterocycles. The summed E-state index contributed by atoms with van der Waals surface area (Å²) in [5, 5.41) is 2.97. The van der Waals surface area contributed by atoms with Crippen LogP contribution in [0.25, 0.3) is 0 Å². The lowest BCUT2D eigenvalue weighted by molar-refractivity contribution is 0.134. The third-order valence-electron chi connectivity index (χ3n) is 3.63. The van der Waals surface area contributed by atoms with Crippen molar-refractivity contribution in [3.05, 3.63) is 0 Å². The Morgan fingerprint density at radius 3 is 2.75 bits per heavy atom. The second-order valence-corrected chi connectivity index (χ2v) is 5.14. The van der Waals surface area contributed by atoms with Crippen LogP contribution in [0.1, 0.15) is 25.7 Å². The molecular weight excluding hydrogens is 258 g/mol. The molecule has 0 bridgehead atoms. The van der Waals surface area contributed by atoms with Crippen molar-refractivity contribution in [3.63, 3.8) is 0 Å². The summed E-state index contributed by atoms with van der Waals surface area (Å²) in [5.74, 6) is 1.26. The van der Waals surface area contributed by atoms with Crippen LogP contribution < -0.4 is 15.0 Å². The van der Waals surface area contributed by atoms with Crippen LogP contribution in [0.4, 0.5) is 11.9 Å². The molecule has 2 saturated heterocycles. The zero-order valence-electron chi connectivity index (χ0n) is 11.8. The lowest BCUT2D eigenvalue weighted by Crippen LogP contribution is -2.31. The van der Waals surface area contributed by atoms with E-state index in [1.807, 2.05) is 0 Å². The molecule has 0 amide bonds. The van der Waals surface area contributed by atoms with Crippen LogP contribution >= 0.6 is 0 Å². The fraction of sp³-hybridized carbons (Fsp3) is 0.769. The SMILES string of the molecule is CNc1nc(OC2CCOC2)nc(N2CCCCC2)n1. The van der Waals surface area contributed by atoms with Gasteiger partial charge in [0, 0.05) is 26.6 Å². The molecule has 0 aromatic carbocycles. The van der Waals surface area contributed by atoms with Gasteiger partial charge >= 0.3 is 6.01 Å². The zero-order valence-corrected chi connectivity index (χ0v) is 11.8. The van der Waals surface area contributed by atoms with Gasteiger partial charge in [-0.3, -0.25) is 0 Å². The smallest absolute Gasteiger partial charge is 0.323 e. The summed E-state index contributed by atoms with van der Waals surface area (Å²) in [6, 6.07) is 0.389. The van der Waals surface area contributed by atoms with E-state index in [9.17, 15) is 0 Å². The first kappa shape index (κ1) is 13.4. The predicted octanol–water partition coefficient (Wildman–Crippen LogP) is 1.07. The summed E-state index contributed by atoms with van der Waals surface area (Å²) in [7, 11) is 1.80. The fourth-order valence-electron chi connectivity index (χ4n) is 2.50. The number of hydrogen-bond acceptors (Lipinski definition) is 7. The Bertz CT molecular complexity index is 444. The monoisotopic (exact) mass is 279 g/mol. The minimum absolute atomic E-state index is 0.0521. The molecule has 3 rings (SSSR count). The molecule has 7 heteroatoms. The first-order chi connectivity index (χ1) is 9.85. The average molecular weight is 279 g/mol. The van der Waals surface area contributed by atoms with Crippen LogP contribution in [0.15, 0.2) is 0 Å². The summed E-state index contributed by atoms with van der Waals surface area (Å²) in [6.07, 6.45) is 4.60. The Labute approximate surface area is 118 Å². The van der Waals surface area contributed by atoms with Crippen molar-refractivity contribution in [2.45, 2.75) is 31.8 Å². The second kappa shape index (κ2) is 6.21. The van der Waals surface area contributed by atoms with Crippen LogP contribution in [0.2, 0.25) is 0 Å². The van der Waals surface area contributed by atoms with Gasteiger partial charge < -0.3 is 19.7 Å². The Morgan fingerprint density at radius 1 is 1.20 bits per heavy atom. The molecule has 1 N–H and O–H groups in total. The number of anilines is 2. The van der Waals surface area contributed by atoms with Gasteiger partial charge in [-0.2, -0.15) is 15.0 Å². The van der Waals surface area contributed by atoms with E-state index in [1.54, 1.807) is 7.05 Å². The fourth-order valence-corrected chi connectivity index (χ4v) is 2.50. The summed E-state index contributed by atoms with van der Waals surface area (Å²) < 4.78 is 11.1. The van der Waals surface area contributed by atoms with Crippen molar-refractivity contribution in [1.29, 1.82) is 0 Å². The summed E-state index contributed by atoms with van der Waals surface area (Å²) in [5.41, 5.74) is 0.